The molecule has 2 aliphatic rings. The summed E-state index contributed by atoms with van der Waals surface area (Å²) in [5.74, 6) is -0.167. The Morgan fingerprint density at radius 3 is 3.00 bits per heavy atom. The van der Waals surface area contributed by atoms with Gasteiger partial charge in [-0.15, -0.1) is 11.3 Å². The summed E-state index contributed by atoms with van der Waals surface area (Å²) < 4.78 is 19.3. The number of carbonyl (C=O) groups is 1. The van der Waals surface area contributed by atoms with Crippen LogP contribution in [0.25, 0.3) is 0 Å². The molecule has 1 fully saturated rings. The minimum atomic E-state index is -0.876. The second kappa shape index (κ2) is 9.57. The fourth-order valence-electron chi connectivity index (χ4n) is 4.35. The van der Waals surface area contributed by atoms with E-state index in [1.165, 1.54) is 23.5 Å². The summed E-state index contributed by atoms with van der Waals surface area (Å²) in [7, 11) is 1.58. The van der Waals surface area contributed by atoms with Gasteiger partial charge in [-0.2, -0.15) is 0 Å². The molecule has 1 aromatic heterocycles. The number of nitrogens with zero attached hydrogens (tertiary/aromatic N) is 3. The lowest BCUT2D eigenvalue weighted by molar-refractivity contribution is 0.102. The number of fused-ring (bicyclic) bond motifs is 1. The SMILES string of the molecule is COc1ccc2c(c1)C(O)N(c1nc(C(=O)Nc3cc(F)ccc3N3CCCNCC3)cs1)C2. The van der Waals surface area contributed by atoms with Crippen LogP contribution in [0.1, 0.15) is 34.3 Å². The lowest BCUT2D eigenvalue weighted by Gasteiger charge is -2.25. The van der Waals surface area contributed by atoms with Crippen molar-refractivity contribution in [3.05, 3.63) is 64.4 Å². The molecular weight excluding hydrogens is 457 g/mol. The van der Waals surface area contributed by atoms with Gasteiger partial charge in [0.25, 0.3) is 5.91 Å². The summed E-state index contributed by atoms with van der Waals surface area (Å²) >= 11 is 1.28. The zero-order chi connectivity index (χ0) is 23.7. The number of aromatic nitrogens is 1. The zero-order valence-corrected chi connectivity index (χ0v) is 19.6. The molecule has 8 nitrogen and oxygen atoms in total. The highest BCUT2D eigenvalue weighted by Crippen LogP contribution is 2.39. The number of methoxy groups -OCH3 is 1. The molecule has 10 heteroatoms. The van der Waals surface area contributed by atoms with Crippen LogP contribution in [0.4, 0.5) is 20.9 Å². The summed E-state index contributed by atoms with van der Waals surface area (Å²) in [6.07, 6.45) is 0.0886. The predicted molar refractivity (Wildman–Crippen MR) is 130 cm³/mol. The number of hydrogen-bond donors (Lipinski definition) is 3. The van der Waals surface area contributed by atoms with E-state index in [0.29, 0.717) is 23.1 Å². The number of halogens is 1. The van der Waals surface area contributed by atoms with E-state index in [4.69, 9.17) is 4.74 Å². The first kappa shape index (κ1) is 22.6. The third-order valence-corrected chi connectivity index (χ3v) is 7.00. The van der Waals surface area contributed by atoms with Gasteiger partial charge in [-0.25, -0.2) is 9.37 Å². The Hall–Kier alpha value is -3.21. The fraction of sp³-hybridized carbons (Fsp3) is 0.333. The molecule has 2 aromatic carbocycles. The standard InChI is InChI=1S/C24H26FN5O3S/c1-33-17-5-3-15-13-30(23(32)18(15)12-17)24-28-20(14-34-24)22(31)27-19-11-16(25)4-6-21(19)29-9-2-7-26-8-10-29/h3-6,11-12,14,23,26,32H,2,7-10,13H2,1H3,(H,27,31). The Kier molecular flexibility index (Phi) is 6.36. The molecule has 1 atom stereocenters. The molecule has 5 rings (SSSR count). The summed E-state index contributed by atoms with van der Waals surface area (Å²) in [5, 5.41) is 19.2. The van der Waals surface area contributed by atoms with Gasteiger partial charge < -0.3 is 30.3 Å². The third kappa shape index (κ3) is 4.44. The Morgan fingerprint density at radius 2 is 2.15 bits per heavy atom. The number of thiazole rings is 1. The number of ether oxygens (including phenoxy) is 1. The number of aliphatic hydroxyl groups excluding tert-OH is 1. The number of rotatable bonds is 5. The van der Waals surface area contributed by atoms with E-state index >= 15 is 0 Å². The highest BCUT2D eigenvalue weighted by atomic mass is 32.1. The summed E-state index contributed by atoms with van der Waals surface area (Å²) in [4.78, 5) is 21.4. The fourth-order valence-corrected chi connectivity index (χ4v) is 5.18. The highest BCUT2D eigenvalue weighted by molar-refractivity contribution is 7.14. The molecular formula is C24H26FN5O3S. The number of carbonyl (C=O) groups excluding carboxylic acids is 1. The van der Waals surface area contributed by atoms with Gasteiger partial charge >= 0.3 is 0 Å². The average molecular weight is 484 g/mol. The molecule has 3 N–H and O–H groups in total. The molecule has 34 heavy (non-hydrogen) atoms. The summed E-state index contributed by atoms with van der Waals surface area (Å²) in [6.45, 7) is 3.83. The quantitative estimate of drug-likeness (QED) is 0.513. The minimum Gasteiger partial charge on any atom is -0.497 e. The first-order chi connectivity index (χ1) is 16.5. The molecule has 0 radical (unpaired) electrons. The Bertz CT molecular complexity index is 1200. The van der Waals surface area contributed by atoms with Crippen LogP contribution in [-0.2, 0) is 6.54 Å². The van der Waals surface area contributed by atoms with Gasteiger partial charge in [0, 0.05) is 37.1 Å². The topological polar surface area (TPSA) is 90.0 Å². The largest absolute Gasteiger partial charge is 0.497 e. The van der Waals surface area contributed by atoms with Crippen LogP contribution in [0.5, 0.6) is 5.75 Å². The maximum atomic E-state index is 14.0. The van der Waals surface area contributed by atoms with E-state index in [9.17, 15) is 14.3 Å². The monoisotopic (exact) mass is 483 g/mol. The third-order valence-electron chi connectivity index (χ3n) is 6.13. The van der Waals surface area contributed by atoms with Crippen LogP contribution in [-0.4, -0.2) is 49.3 Å². The van der Waals surface area contributed by atoms with Crippen LogP contribution in [0.3, 0.4) is 0 Å². The number of benzene rings is 2. The molecule has 0 aliphatic carbocycles. The number of nitrogens with one attached hydrogen (secondary N) is 2. The highest BCUT2D eigenvalue weighted by Gasteiger charge is 2.31. The normalized spacial score (nSPS) is 17.9. The Labute approximate surface area is 201 Å². The summed E-state index contributed by atoms with van der Waals surface area (Å²) in [6, 6.07) is 10.0. The van der Waals surface area contributed by atoms with Crippen LogP contribution in [0.2, 0.25) is 0 Å². The van der Waals surface area contributed by atoms with Crippen LogP contribution in [0.15, 0.2) is 41.8 Å². The van der Waals surface area contributed by atoms with Crippen molar-refractivity contribution in [2.45, 2.75) is 19.2 Å². The van der Waals surface area contributed by atoms with Crippen molar-refractivity contribution < 1.29 is 19.0 Å². The van der Waals surface area contributed by atoms with E-state index in [2.05, 4.69) is 20.5 Å². The molecule has 1 unspecified atom stereocenters. The number of aliphatic hydroxyl groups is 1. The second-order valence-corrected chi connectivity index (χ2v) is 9.12. The first-order valence-corrected chi connectivity index (χ1v) is 12.0. The Morgan fingerprint density at radius 1 is 1.26 bits per heavy atom. The Balaban J connectivity index is 1.34. The van der Waals surface area contributed by atoms with Gasteiger partial charge in [-0.1, -0.05) is 6.07 Å². The van der Waals surface area contributed by atoms with Gasteiger partial charge in [0.2, 0.25) is 0 Å². The average Bonchev–Trinajstić information content (AvgIpc) is 3.35. The smallest absolute Gasteiger partial charge is 0.275 e. The van der Waals surface area contributed by atoms with Gasteiger partial charge in [-0.05, 0) is 48.9 Å². The number of hydrogen-bond acceptors (Lipinski definition) is 8. The van der Waals surface area contributed by atoms with E-state index in [1.54, 1.807) is 23.5 Å². The minimum absolute atomic E-state index is 0.216. The van der Waals surface area contributed by atoms with Gasteiger partial charge in [-0.3, -0.25) is 4.79 Å². The van der Waals surface area contributed by atoms with Crippen molar-refractivity contribution in [3.63, 3.8) is 0 Å². The van der Waals surface area contributed by atoms with Crippen LogP contribution in [0, 0.1) is 5.82 Å². The zero-order valence-electron chi connectivity index (χ0n) is 18.8. The molecule has 0 bridgehead atoms. The van der Waals surface area contributed by atoms with Crippen LogP contribution >= 0.6 is 11.3 Å². The number of amides is 1. The maximum absolute atomic E-state index is 14.0. The lowest BCUT2D eigenvalue weighted by atomic mass is 10.1. The lowest BCUT2D eigenvalue weighted by Crippen LogP contribution is -2.29. The van der Waals surface area contributed by atoms with Crippen molar-refractivity contribution in [1.82, 2.24) is 10.3 Å². The van der Waals surface area contributed by atoms with E-state index < -0.39 is 18.0 Å². The molecule has 3 heterocycles. The molecule has 1 saturated heterocycles. The van der Waals surface area contributed by atoms with Crippen molar-refractivity contribution in [1.29, 1.82) is 0 Å². The van der Waals surface area contributed by atoms with E-state index in [0.717, 1.165) is 49.4 Å². The van der Waals surface area contributed by atoms with E-state index in [1.807, 2.05) is 18.2 Å². The van der Waals surface area contributed by atoms with Gasteiger partial charge in [0.05, 0.1) is 18.5 Å². The van der Waals surface area contributed by atoms with Gasteiger partial charge in [0.15, 0.2) is 11.4 Å². The first-order valence-electron chi connectivity index (χ1n) is 11.2. The molecule has 0 spiro atoms. The van der Waals surface area contributed by atoms with E-state index in [-0.39, 0.29) is 5.69 Å². The maximum Gasteiger partial charge on any atom is 0.275 e. The predicted octanol–water partition coefficient (Wildman–Crippen LogP) is 3.35. The molecule has 1 amide bonds. The van der Waals surface area contributed by atoms with Crippen molar-refractivity contribution in [2.75, 3.05) is 48.4 Å². The summed E-state index contributed by atoms with van der Waals surface area (Å²) in [5.41, 5.74) is 3.16. The van der Waals surface area contributed by atoms with Crippen molar-refractivity contribution in [2.24, 2.45) is 0 Å². The van der Waals surface area contributed by atoms with Crippen molar-refractivity contribution >= 4 is 33.8 Å². The van der Waals surface area contributed by atoms with Crippen molar-refractivity contribution in [3.8, 4) is 5.75 Å². The van der Waals surface area contributed by atoms with Gasteiger partial charge in [0.1, 0.15) is 17.3 Å². The molecule has 2 aliphatic heterocycles. The molecule has 178 valence electrons. The number of anilines is 3. The second-order valence-electron chi connectivity index (χ2n) is 8.29. The molecule has 3 aromatic rings. The molecule has 0 saturated carbocycles. The van der Waals surface area contributed by atoms with Crippen LogP contribution < -0.4 is 25.2 Å².